The van der Waals surface area contributed by atoms with Gasteiger partial charge < -0.3 is 15.0 Å². The Morgan fingerprint density at radius 3 is 2.62 bits per heavy atom. The van der Waals surface area contributed by atoms with Crippen molar-refractivity contribution < 1.29 is 14.3 Å². The van der Waals surface area contributed by atoms with Gasteiger partial charge in [-0.3, -0.25) is 9.59 Å². The second kappa shape index (κ2) is 8.37. The summed E-state index contributed by atoms with van der Waals surface area (Å²) in [5.41, 5.74) is 2.16. The van der Waals surface area contributed by atoms with Crippen molar-refractivity contribution in [1.29, 1.82) is 0 Å². The number of pyridine rings is 1. The first-order chi connectivity index (χ1) is 15.3. The summed E-state index contributed by atoms with van der Waals surface area (Å²) in [5.74, 6) is 0.731. The average Bonchev–Trinajstić information content (AvgIpc) is 3.38. The van der Waals surface area contributed by atoms with Crippen molar-refractivity contribution >= 4 is 17.6 Å². The maximum absolute atomic E-state index is 13.1. The Morgan fingerprint density at radius 2 is 1.94 bits per heavy atom. The molecular weight excluding hydrogens is 410 g/mol. The third-order valence-electron chi connectivity index (χ3n) is 5.33. The topological polar surface area (TPSA) is 115 Å². The Labute approximate surface area is 185 Å². The number of nitrogens with one attached hydrogen (secondary N) is 1. The van der Waals surface area contributed by atoms with E-state index in [1.165, 1.54) is 7.11 Å². The Morgan fingerprint density at radius 1 is 1.16 bits per heavy atom. The number of rotatable bonds is 6. The van der Waals surface area contributed by atoms with E-state index < -0.39 is 5.91 Å². The van der Waals surface area contributed by atoms with Gasteiger partial charge in [0.15, 0.2) is 0 Å². The molecule has 0 spiro atoms. The van der Waals surface area contributed by atoms with Gasteiger partial charge in [-0.05, 0) is 68.0 Å². The molecule has 3 heterocycles. The zero-order valence-corrected chi connectivity index (χ0v) is 18.7. The summed E-state index contributed by atoms with van der Waals surface area (Å²) in [4.78, 5) is 32.1. The standard InChI is InChI=1S/C22H25N7O3/c1-12(2)28-11-14-9-18(32-5)16(10-15(14)22(28)31)21(30)24-19-8-6-7-17(23-19)20-25-26-27-29(20)13(3)4/h6-10,12-13H,11H2,1-5H3,(H,23,24,30). The smallest absolute Gasteiger partial charge is 0.260 e. The summed E-state index contributed by atoms with van der Waals surface area (Å²) < 4.78 is 7.10. The molecule has 0 radical (unpaired) electrons. The number of amides is 2. The Kier molecular flexibility index (Phi) is 5.60. The van der Waals surface area contributed by atoms with Crippen molar-refractivity contribution in [2.75, 3.05) is 12.4 Å². The van der Waals surface area contributed by atoms with E-state index in [1.807, 2.05) is 27.7 Å². The van der Waals surface area contributed by atoms with Crippen LogP contribution >= 0.6 is 0 Å². The van der Waals surface area contributed by atoms with E-state index in [0.717, 1.165) is 5.56 Å². The monoisotopic (exact) mass is 435 g/mol. The van der Waals surface area contributed by atoms with Gasteiger partial charge in [0.25, 0.3) is 11.8 Å². The van der Waals surface area contributed by atoms with Crippen molar-refractivity contribution in [3.8, 4) is 17.3 Å². The number of anilines is 1. The molecule has 0 saturated carbocycles. The van der Waals surface area contributed by atoms with Gasteiger partial charge in [-0.25, -0.2) is 9.67 Å². The maximum Gasteiger partial charge on any atom is 0.260 e. The average molecular weight is 435 g/mol. The highest BCUT2D eigenvalue weighted by Crippen LogP contribution is 2.32. The molecule has 0 unspecified atom stereocenters. The van der Waals surface area contributed by atoms with Crippen LogP contribution in [0.15, 0.2) is 30.3 Å². The minimum absolute atomic E-state index is 0.0543. The van der Waals surface area contributed by atoms with Crippen molar-refractivity contribution in [1.82, 2.24) is 30.1 Å². The highest BCUT2D eigenvalue weighted by atomic mass is 16.5. The fraction of sp³-hybridized carbons (Fsp3) is 0.364. The van der Waals surface area contributed by atoms with Crippen LogP contribution in [0.1, 0.15) is 60.0 Å². The normalized spacial score (nSPS) is 13.1. The van der Waals surface area contributed by atoms with Crippen LogP contribution in [0.25, 0.3) is 11.5 Å². The third kappa shape index (κ3) is 3.79. The van der Waals surface area contributed by atoms with Crippen LogP contribution < -0.4 is 10.1 Å². The molecular formula is C22H25N7O3. The minimum atomic E-state index is -0.423. The quantitative estimate of drug-likeness (QED) is 0.633. The molecule has 0 saturated heterocycles. The van der Waals surface area contributed by atoms with E-state index in [4.69, 9.17) is 4.74 Å². The number of methoxy groups -OCH3 is 1. The first kappa shape index (κ1) is 21.4. The van der Waals surface area contributed by atoms with Crippen LogP contribution in [-0.4, -0.2) is 55.1 Å². The fourth-order valence-electron chi connectivity index (χ4n) is 3.65. The van der Waals surface area contributed by atoms with E-state index in [9.17, 15) is 9.59 Å². The predicted molar refractivity (Wildman–Crippen MR) is 117 cm³/mol. The SMILES string of the molecule is COc1cc2c(cc1C(=O)Nc1cccc(-c3nnnn3C(C)C)n1)C(=O)N(C(C)C)C2. The summed E-state index contributed by atoms with van der Waals surface area (Å²) >= 11 is 0. The molecule has 0 aliphatic carbocycles. The summed E-state index contributed by atoms with van der Waals surface area (Å²) in [6, 6.07) is 8.68. The second-order valence-electron chi connectivity index (χ2n) is 8.14. The molecule has 1 aromatic carbocycles. The van der Waals surface area contributed by atoms with Gasteiger partial charge in [-0.15, -0.1) is 5.10 Å². The minimum Gasteiger partial charge on any atom is -0.496 e. The molecule has 1 aliphatic rings. The summed E-state index contributed by atoms with van der Waals surface area (Å²) in [6.07, 6.45) is 0. The molecule has 4 rings (SSSR count). The fourth-order valence-corrected chi connectivity index (χ4v) is 3.65. The number of hydrogen-bond acceptors (Lipinski definition) is 7. The Hall–Kier alpha value is -3.82. The highest BCUT2D eigenvalue weighted by Gasteiger charge is 2.31. The molecule has 0 atom stereocenters. The number of fused-ring (bicyclic) bond motifs is 1. The molecule has 10 nitrogen and oxygen atoms in total. The van der Waals surface area contributed by atoms with Gasteiger partial charge in [0, 0.05) is 18.2 Å². The lowest BCUT2D eigenvalue weighted by atomic mass is 10.0. The van der Waals surface area contributed by atoms with Crippen LogP contribution in [0.4, 0.5) is 5.82 Å². The van der Waals surface area contributed by atoms with Crippen LogP contribution in [0, 0.1) is 0 Å². The number of nitrogens with zero attached hydrogens (tertiary/aromatic N) is 6. The number of carbonyl (C=O) groups excluding carboxylic acids is 2. The van der Waals surface area contributed by atoms with E-state index in [2.05, 4.69) is 25.8 Å². The van der Waals surface area contributed by atoms with Gasteiger partial charge in [-0.1, -0.05) is 6.07 Å². The molecule has 1 aliphatic heterocycles. The zero-order valence-electron chi connectivity index (χ0n) is 18.7. The molecule has 1 N–H and O–H groups in total. The number of ether oxygens (including phenoxy) is 1. The molecule has 0 fully saturated rings. The molecule has 2 amide bonds. The van der Waals surface area contributed by atoms with Crippen LogP contribution in [0.2, 0.25) is 0 Å². The maximum atomic E-state index is 13.1. The van der Waals surface area contributed by atoms with Crippen molar-refractivity contribution in [2.45, 2.75) is 46.3 Å². The first-order valence-electron chi connectivity index (χ1n) is 10.4. The summed E-state index contributed by atoms with van der Waals surface area (Å²) in [7, 11) is 1.50. The number of hydrogen-bond donors (Lipinski definition) is 1. The largest absolute Gasteiger partial charge is 0.496 e. The van der Waals surface area contributed by atoms with E-state index >= 15 is 0 Å². The van der Waals surface area contributed by atoms with E-state index in [-0.39, 0.29) is 23.6 Å². The molecule has 2 aromatic heterocycles. The number of tetrazole rings is 1. The van der Waals surface area contributed by atoms with Crippen LogP contribution in [0.3, 0.4) is 0 Å². The molecule has 0 bridgehead atoms. The van der Waals surface area contributed by atoms with Gasteiger partial charge in [0.1, 0.15) is 17.3 Å². The van der Waals surface area contributed by atoms with Crippen molar-refractivity contribution in [3.63, 3.8) is 0 Å². The number of aromatic nitrogens is 5. The van der Waals surface area contributed by atoms with E-state index in [1.54, 1.807) is 39.9 Å². The van der Waals surface area contributed by atoms with Crippen LogP contribution in [0.5, 0.6) is 5.75 Å². The van der Waals surface area contributed by atoms with Gasteiger partial charge in [0.05, 0.1) is 18.7 Å². The number of benzene rings is 1. The van der Waals surface area contributed by atoms with Gasteiger partial charge >= 0.3 is 0 Å². The van der Waals surface area contributed by atoms with Crippen LogP contribution in [-0.2, 0) is 6.54 Å². The van der Waals surface area contributed by atoms with E-state index in [0.29, 0.717) is 35.2 Å². The number of carbonyl (C=O) groups is 2. The predicted octanol–water partition coefficient (Wildman–Crippen LogP) is 2.94. The van der Waals surface area contributed by atoms with Crippen molar-refractivity contribution in [3.05, 3.63) is 47.0 Å². The lowest BCUT2D eigenvalue weighted by Crippen LogP contribution is -2.30. The zero-order chi connectivity index (χ0) is 23.0. The lowest BCUT2D eigenvalue weighted by Gasteiger charge is -2.19. The molecule has 10 heteroatoms. The van der Waals surface area contributed by atoms with Gasteiger partial charge in [-0.2, -0.15) is 0 Å². The third-order valence-corrected chi connectivity index (χ3v) is 5.33. The summed E-state index contributed by atoms with van der Waals surface area (Å²) in [6.45, 7) is 8.35. The molecule has 32 heavy (non-hydrogen) atoms. The Bertz CT molecular complexity index is 1190. The summed E-state index contributed by atoms with van der Waals surface area (Å²) in [5, 5.41) is 14.5. The van der Waals surface area contributed by atoms with Gasteiger partial charge in [0.2, 0.25) is 5.82 Å². The highest BCUT2D eigenvalue weighted by molar-refractivity contribution is 6.08. The first-order valence-corrected chi connectivity index (χ1v) is 10.4. The molecule has 3 aromatic rings. The lowest BCUT2D eigenvalue weighted by molar-refractivity contribution is 0.0730. The van der Waals surface area contributed by atoms with Crippen molar-refractivity contribution in [2.24, 2.45) is 0 Å². The molecule has 166 valence electrons. The Balaban J connectivity index is 1.63. The second-order valence-corrected chi connectivity index (χ2v) is 8.14.